The van der Waals surface area contributed by atoms with Crippen molar-refractivity contribution in [1.29, 1.82) is 0 Å². The minimum Gasteiger partial charge on any atom is -0.465 e. The third-order valence-electron chi connectivity index (χ3n) is 7.36. The average molecular weight is 513 g/mol. The molecule has 1 aromatic carbocycles. The lowest BCUT2D eigenvalue weighted by molar-refractivity contribution is -0.135. The number of nitrogens with zero attached hydrogens (tertiary/aromatic N) is 4. The molecule has 3 heterocycles. The second-order valence-electron chi connectivity index (χ2n) is 9.97. The summed E-state index contributed by atoms with van der Waals surface area (Å²) in [4.78, 5) is 47.1. The van der Waals surface area contributed by atoms with Crippen LogP contribution in [-0.4, -0.2) is 75.9 Å². The lowest BCUT2D eigenvalue weighted by Crippen LogP contribution is -2.48. The number of hydrogen-bond acceptors (Lipinski definition) is 5. The van der Waals surface area contributed by atoms with Crippen molar-refractivity contribution in [2.45, 2.75) is 51.6 Å². The lowest BCUT2D eigenvalue weighted by atomic mass is 9.92. The Hall–Kier alpha value is -3.13. The Morgan fingerprint density at radius 2 is 1.72 bits per heavy atom. The van der Waals surface area contributed by atoms with Crippen molar-refractivity contribution in [3.05, 3.63) is 58.7 Å². The molecule has 0 unspecified atom stereocenters. The van der Waals surface area contributed by atoms with Gasteiger partial charge in [-0.1, -0.05) is 23.7 Å². The molecule has 9 heteroatoms. The maximum absolute atomic E-state index is 13.6. The molecule has 192 valence electrons. The molecule has 0 radical (unpaired) electrons. The highest BCUT2D eigenvalue weighted by Crippen LogP contribution is 2.35. The zero-order valence-corrected chi connectivity index (χ0v) is 21.7. The van der Waals surface area contributed by atoms with Crippen LogP contribution in [0.5, 0.6) is 0 Å². The maximum Gasteiger partial charge on any atom is 0.407 e. The third kappa shape index (κ3) is 5.48. The van der Waals surface area contributed by atoms with Crippen LogP contribution in [0.4, 0.5) is 10.6 Å². The van der Waals surface area contributed by atoms with Gasteiger partial charge in [-0.25, -0.2) is 9.78 Å². The number of halogens is 1. The molecule has 1 N–H and O–H groups in total. The zero-order valence-electron chi connectivity index (χ0n) is 20.9. The fourth-order valence-electron chi connectivity index (χ4n) is 5.43. The Balaban J connectivity index is 1.46. The van der Waals surface area contributed by atoms with E-state index in [2.05, 4.69) is 9.88 Å². The molecule has 4 rings (SSSR count). The normalized spacial score (nSPS) is 20.6. The van der Waals surface area contributed by atoms with Crippen molar-refractivity contribution in [2.75, 3.05) is 31.1 Å². The lowest BCUT2D eigenvalue weighted by Gasteiger charge is -2.34. The van der Waals surface area contributed by atoms with Gasteiger partial charge in [0, 0.05) is 60.8 Å². The van der Waals surface area contributed by atoms with Gasteiger partial charge >= 0.3 is 6.09 Å². The standard InChI is InChI=1S/C27H33ClN4O4/c1-17(2)32(27(35)36)24-16-31(15-23(24)19-4-7-22(28)8-5-19)26(34)20-10-12-30(13-11-20)25-9-6-21(14-29-25)18(3)33/h4-9,14,17,20,23-24H,10-13,15-16H2,1-3H3,(H,35,36)/t23-,24+/m0/s1. The second kappa shape index (κ2) is 10.9. The average Bonchev–Trinajstić information content (AvgIpc) is 3.28. The summed E-state index contributed by atoms with van der Waals surface area (Å²) in [6.07, 6.45) is 2.03. The van der Waals surface area contributed by atoms with Crippen LogP contribution in [0.15, 0.2) is 42.6 Å². The topological polar surface area (TPSA) is 94.1 Å². The van der Waals surface area contributed by atoms with E-state index in [9.17, 15) is 19.5 Å². The van der Waals surface area contributed by atoms with Gasteiger partial charge in [0.25, 0.3) is 0 Å². The Morgan fingerprint density at radius 1 is 1.06 bits per heavy atom. The molecule has 2 fully saturated rings. The molecule has 0 saturated carbocycles. The molecule has 0 aliphatic carbocycles. The van der Waals surface area contributed by atoms with E-state index in [0.29, 0.717) is 49.6 Å². The van der Waals surface area contributed by atoms with Crippen molar-refractivity contribution in [1.82, 2.24) is 14.8 Å². The predicted molar refractivity (Wildman–Crippen MR) is 139 cm³/mol. The van der Waals surface area contributed by atoms with Crippen LogP contribution in [0.3, 0.4) is 0 Å². The highest BCUT2D eigenvalue weighted by molar-refractivity contribution is 6.30. The van der Waals surface area contributed by atoms with E-state index < -0.39 is 6.09 Å². The molecule has 8 nitrogen and oxygen atoms in total. The summed E-state index contributed by atoms with van der Waals surface area (Å²) in [5, 5.41) is 10.6. The Morgan fingerprint density at radius 3 is 2.25 bits per heavy atom. The molecule has 2 aliphatic heterocycles. The summed E-state index contributed by atoms with van der Waals surface area (Å²) in [5.41, 5.74) is 1.57. The number of piperidine rings is 1. The number of rotatable bonds is 6. The first-order chi connectivity index (χ1) is 17.2. The highest BCUT2D eigenvalue weighted by atomic mass is 35.5. The molecular weight excluding hydrogens is 480 g/mol. The second-order valence-corrected chi connectivity index (χ2v) is 10.4. The number of hydrogen-bond donors (Lipinski definition) is 1. The quantitative estimate of drug-likeness (QED) is 0.571. The highest BCUT2D eigenvalue weighted by Gasteiger charge is 2.43. The molecule has 0 bridgehead atoms. The molecule has 2 saturated heterocycles. The number of amides is 2. The van der Waals surface area contributed by atoms with E-state index in [4.69, 9.17) is 11.6 Å². The van der Waals surface area contributed by atoms with Crippen LogP contribution < -0.4 is 4.90 Å². The van der Waals surface area contributed by atoms with Crippen LogP contribution in [0.25, 0.3) is 0 Å². The molecule has 36 heavy (non-hydrogen) atoms. The first kappa shape index (κ1) is 25.9. The predicted octanol–water partition coefficient (Wildman–Crippen LogP) is 4.54. The molecule has 2 aliphatic rings. The number of pyridine rings is 1. The molecular formula is C27H33ClN4O4. The van der Waals surface area contributed by atoms with E-state index in [0.717, 1.165) is 11.4 Å². The third-order valence-corrected chi connectivity index (χ3v) is 7.61. The van der Waals surface area contributed by atoms with Gasteiger partial charge in [0.1, 0.15) is 5.82 Å². The number of ketones is 1. The molecule has 2 atom stereocenters. The van der Waals surface area contributed by atoms with Gasteiger partial charge in [0.2, 0.25) is 5.91 Å². The van der Waals surface area contributed by atoms with Gasteiger partial charge in [-0.2, -0.15) is 0 Å². The fourth-order valence-corrected chi connectivity index (χ4v) is 5.55. The van der Waals surface area contributed by atoms with Crippen molar-refractivity contribution in [3.8, 4) is 0 Å². The largest absolute Gasteiger partial charge is 0.465 e. The summed E-state index contributed by atoms with van der Waals surface area (Å²) in [6, 6.07) is 10.6. The number of Topliss-reactive ketones (excluding diaryl/α,β-unsaturated/α-hetero) is 1. The van der Waals surface area contributed by atoms with E-state index in [1.807, 2.05) is 49.1 Å². The molecule has 2 aromatic rings. The van der Waals surface area contributed by atoms with Crippen LogP contribution in [0.1, 0.15) is 55.5 Å². The number of aromatic nitrogens is 1. The van der Waals surface area contributed by atoms with E-state index in [-0.39, 0.29) is 35.6 Å². The summed E-state index contributed by atoms with van der Waals surface area (Å²) >= 11 is 6.08. The molecule has 1 aromatic heterocycles. The number of anilines is 1. The fraction of sp³-hybridized carbons (Fsp3) is 0.481. The van der Waals surface area contributed by atoms with Crippen LogP contribution in [0, 0.1) is 5.92 Å². The maximum atomic E-state index is 13.6. The smallest absolute Gasteiger partial charge is 0.407 e. The SMILES string of the molecule is CC(=O)c1ccc(N2CCC(C(=O)N3C[C@@H](N(C(=O)O)C(C)C)[C@H](c4ccc(Cl)cc4)C3)CC2)nc1. The Bertz CT molecular complexity index is 1100. The zero-order chi connectivity index (χ0) is 26.0. The summed E-state index contributed by atoms with van der Waals surface area (Å²) in [7, 11) is 0. The number of carboxylic acid groups (broad SMARTS) is 1. The van der Waals surface area contributed by atoms with Gasteiger partial charge in [0.15, 0.2) is 5.78 Å². The van der Waals surface area contributed by atoms with E-state index in [1.165, 1.54) is 11.8 Å². The van der Waals surface area contributed by atoms with Crippen LogP contribution in [0.2, 0.25) is 5.02 Å². The number of carbonyl (C=O) groups is 3. The van der Waals surface area contributed by atoms with E-state index >= 15 is 0 Å². The van der Waals surface area contributed by atoms with Gasteiger partial charge < -0.3 is 19.8 Å². The van der Waals surface area contributed by atoms with Gasteiger partial charge in [0.05, 0.1) is 6.04 Å². The summed E-state index contributed by atoms with van der Waals surface area (Å²) in [6.45, 7) is 7.52. The van der Waals surface area contributed by atoms with Gasteiger partial charge in [-0.15, -0.1) is 0 Å². The number of likely N-dealkylation sites (tertiary alicyclic amines) is 1. The van der Waals surface area contributed by atoms with Crippen molar-refractivity contribution in [3.63, 3.8) is 0 Å². The van der Waals surface area contributed by atoms with E-state index in [1.54, 1.807) is 12.3 Å². The summed E-state index contributed by atoms with van der Waals surface area (Å²) in [5.74, 6) is 0.653. The Kier molecular flexibility index (Phi) is 7.83. The van der Waals surface area contributed by atoms with Crippen LogP contribution >= 0.6 is 11.6 Å². The minimum atomic E-state index is -0.972. The minimum absolute atomic E-state index is 0.0156. The number of carbonyl (C=O) groups excluding carboxylic acids is 2. The van der Waals surface area contributed by atoms with Crippen molar-refractivity contribution >= 4 is 35.2 Å². The molecule has 0 spiro atoms. The monoisotopic (exact) mass is 512 g/mol. The Labute approximate surface area is 216 Å². The van der Waals surface area contributed by atoms with Gasteiger partial charge in [-0.05, 0) is 63.4 Å². The van der Waals surface area contributed by atoms with Crippen LogP contribution in [-0.2, 0) is 4.79 Å². The first-order valence-corrected chi connectivity index (χ1v) is 12.8. The van der Waals surface area contributed by atoms with Gasteiger partial charge in [-0.3, -0.25) is 9.59 Å². The van der Waals surface area contributed by atoms with Crippen molar-refractivity contribution in [2.24, 2.45) is 5.92 Å². The summed E-state index contributed by atoms with van der Waals surface area (Å²) < 4.78 is 0. The van der Waals surface area contributed by atoms with Crippen molar-refractivity contribution < 1.29 is 19.5 Å². The molecule has 2 amide bonds. The first-order valence-electron chi connectivity index (χ1n) is 12.4. The number of benzene rings is 1.